The van der Waals surface area contributed by atoms with Gasteiger partial charge in [0.2, 0.25) is 5.91 Å². The van der Waals surface area contributed by atoms with E-state index in [-0.39, 0.29) is 17.7 Å². The summed E-state index contributed by atoms with van der Waals surface area (Å²) in [4.78, 5) is 13.7. The topological polar surface area (TPSA) is 78.3 Å². The summed E-state index contributed by atoms with van der Waals surface area (Å²) in [6.07, 6.45) is 2.26. The number of nitrogens with zero attached hydrogens (tertiary/aromatic N) is 3. The number of hydrogen-bond donors (Lipinski definition) is 1. The van der Waals surface area contributed by atoms with Crippen LogP contribution in [-0.4, -0.2) is 40.6 Å². The van der Waals surface area contributed by atoms with E-state index >= 15 is 0 Å². The van der Waals surface area contributed by atoms with Gasteiger partial charge in [-0.15, -0.1) is 21.5 Å². The summed E-state index contributed by atoms with van der Waals surface area (Å²) >= 11 is 3.07. The quantitative estimate of drug-likeness (QED) is 0.495. The first kappa shape index (κ1) is 20.7. The molecule has 2 aromatic heterocycles. The Morgan fingerprint density at radius 3 is 2.80 bits per heavy atom. The molecule has 0 spiro atoms. The summed E-state index contributed by atoms with van der Waals surface area (Å²) in [7, 11) is 3.23. The van der Waals surface area contributed by atoms with E-state index in [9.17, 15) is 4.79 Å². The molecular formula is C21H24N4O3S2. The van der Waals surface area contributed by atoms with Gasteiger partial charge in [-0.25, -0.2) is 0 Å². The van der Waals surface area contributed by atoms with E-state index in [2.05, 4.69) is 26.1 Å². The van der Waals surface area contributed by atoms with Crippen molar-refractivity contribution in [3.63, 3.8) is 0 Å². The van der Waals surface area contributed by atoms with E-state index in [1.54, 1.807) is 25.6 Å². The zero-order valence-corrected chi connectivity index (χ0v) is 18.8. The zero-order chi connectivity index (χ0) is 21.1. The maximum Gasteiger partial charge on any atom is 0.230 e. The third-order valence-electron chi connectivity index (χ3n) is 4.93. The van der Waals surface area contributed by atoms with E-state index in [0.29, 0.717) is 11.8 Å². The molecule has 30 heavy (non-hydrogen) atoms. The summed E-state index contributed by atoms with van der Waals surface area (Å²) in [5.74, 6) is 2.53. The highest BCUT2D eigenvalue weighted by molar-refractivity contribution is 7.99. The molecular weight excluding hydrogens is 420 g/mol. The number of thioether (sulfide) groups is 1. The molecule has 1 unspecified atom stereocenters. The van der Waals surface area contributed by atoms with Crippen LogP contribution in [0.15, 0.2) is 40.9 Å². The fraction of sp³-hybridized carbons (Fsp3) is 0.381. The molecule has 7 nitrogen and oxygen atoms in total. The smallest absolute Gasteiger partial charge is 0.230 e. The van der Waals surface area contributed by atoms with Crippen molar-refractivity contribution in [2.75, 3.05) is 20.0 Å². The van der Waals surface area contributed by atoms with E-state index < -0.39 is 0 Å². The molecule has 158 valence electrons. The highest BCUT2D eigenvalue weighted by atomic mass is 32.2. The minimum atomic E-state index is -0.217. The number of methoxy groups -OCH3 is 2. The van der Waals surface area contributed by atoms with Crippen molar-refractivity contribution in [1.82, 2.24) is 20.1 Å². The van der Waals surface area contributed by atoms with Gasteiger partial charge in [0.25, 0.3) is 0 Å². The van der Waals surface area contributed by atoms with Crippen molar-refractivity contribution in [3.8, 4) is 22.2 Å². The number of hydrogen-bond acceptors (Lipinski definition) is 7. The summed E-state index contributed by atoms with van der Waals surface area (Å²) in [5, 5.41) is 14.6. The largest absolute Gasteiger partial charge is 0.497 e. The second-order valence-corrected chi connectivity index (χ2v) is 8.96. The van der Waals surface area contributed by atoms with Crippen LogP contribution < -0.4 is 14.8 Å². The number of aromatic nitrogens is 3. The molecule has 0 bridgehead atoms. The fourth-order valence-corrected chi connectivity index (χ4v) is 4.80. The molecule has 1 N–H and O–H groups in total. The lowest BCUT2D eigenvalue weighted by Crippen LogP contribution is -2.28. The number of carbonyl (C=O) groups is 1. The van der Waals surface area contributed by atoms with Crippen LogP contribution in [0.3, 0.4) is 0 Å². The van der Waals surface area contributed by atoms with Crippen molar-refractivity contribution < 1.29 is 14.3 Å². The summed E-state index contributed by atoms with van der Waals surface area (Å²) < 4.78 is 12.9. The van der Waals surface area contributed by atoms with Gasteiger partial charge in [0.1, 0.15) is 11.5 Å². The highest BCUT2D eigenvalue weighted by Crippen LogP contribution is 2.41. The Balaban J connectivity index is 1.42. The molecule has 0 radical (unpaired) electrons. The number of benzene rings is 1. The number of rotatable bonds is 9. The lowest BCUT2D eigenvalue weighted by atomic mass is 10.1. The average Bonchev–Trinajstić information content (AvgIpc) is 3.27. The molecule has 1 saturated carbocycles. The summed E-state index contributed by atoms with van der Waals surface area (Å²) in [6.45, 7) is 1.93. The standard InChI is InChI=1S/C21H24N4O3S2/c1-13(16-11-15(27-2)8-9-17(16)28-3)22-19(26)12-30-21-24-23-20(18-5-4-10-29-18)25(21)14-6-7-14/h4-5,8-11,13-14H,6-7,12H2,1-3H3,(H,22,26). The monoisotopic (exact) mass is 444 g/mol. The number of nitrogens with one attached hydrogen (secondary N) is 1. The number of ether oxygens (including phenoxy) is 2. The first-order valence-electron chi connectivity index (χ1n) is 9.73. The van der Waals surface area contributed by atoms with Gasteiger partial charge in [0, 0.05) is 11.6 Å². The number of carbonyl (C=O) groups excluding carboxylic acids is 1. The van der Waals surface area contributed by atoms with Crippen LogP contribution in [-0.2, 0) is 4.79 Å². The Morgan fingerprint density at radius 1 is 1.30 bits per heavy atom. The zero-order valence-electron chi connectivity index (χ0n) is 17.1. The molecule has 1 fully saturated rings. The van der Waals surface area contributed by atoms with E-state index in [1.165, 1.54) is 11.8 Å². The van der Waals surface area contributed by atoms with E-state index in [0.717, 1.165) is 40.0 Å². The Bertz CT molecular complexity index is 1020. The van der Waals surface area contributed by atoms with Gasteiger partial charge >= 0.3 is 0 Å². The first-order valence-corrected chi connectivity index (χ1v) is 11.6. The lowest BCUT2D eigenvalue weighted by Gasteiger charge is -2.18. The minimum absolute atomic E-state index is 0.0691. The third kappa shape index (κ3) is 4.46. The van der Waals surface area contributed by atoms with Crippen LogP contribution in [0, 0.1) is 0 Å². The Kier molecular flexibility index (Phi) is 6.29. The molecule has 4 rings (SSSR count). The van der Waals surface area contributed by atoms with Crippen LogP contribution in [0.4, 0.5) is 0 Å². The molecule has 1 atom stereocenters. The van der Waals surface area contributed by atoms with Crippen LogP contribution in [0.25, 0.3) is 10.7 Å². The number of thiophene rings is 1. The van der Waals surface area contributed by atoms with Gasteiger partial charge in [-0.1, -0.05) is 17.8 Å². The second-order valence-electron chi connectivity index (χ2n) is 7.07. The van der Waals surface area contributed by atoms with Crippen molar-refractivity contribution in [1.29, 1.82) is 0 Å². The second kappa shape index (κ2) is 9.09. The summed E-state index contributed by atoms with van der Waals surface area (Å²) in [5.41, 5.74) is 0.872. The Labute approximate surface area is 183 Å². The molecule has 1 aliphatic carbocycles. The SMILES string of the molecule is COc1ccc(OC)c(C(C)NC(=O)CSc2nnc(-c3cccs3)n2C2CC2)c1. The van der Waals surface area contributed by atoms with Gasteiger partial charge in [-0.2, -0.15) is 0 Å². The predicted molar refractivity (Wildman–Crippen MR) is 118 cm³/mol. The molecule has 1 aliphatic rings. The Morgan fingerprint density at radius 2 is 2.13 bits per heavy atom. The Hall–Kier alpha value is -2.52. The molecule has 1 amide bonds. The van der Waals surface area contributed by atoms with Crippen molar-refractivity contribution in [2.45, 2.75) is 37.0 Å². The van der Waals surface area contributed by atoms with Crippen LogP contribution in [0.5, 0.6) is 11.5 Å². The van der Waals surface area contributed by atoms with Crippen molar-refractivity contribution in [2.24, 2.45) is 0 Å². The van der Waals surface area contributed by atoms with Gasteiger partial charge in [-0.05, 0) is 49.4 Å². The highest BCUT2D eigenvalue weighted by Gasteiger charge is 2.30. The van der Waals surface area contributed by atoms with Gasteiger partial charge in [0.05, 0.1) is 30.9 Å². The molecule has 1 aromatic carbocycles. The molecule has 0 saturated heterocycles. The maximum atomic E-state index is 12.6. The molecule has 0 aliphatic heterocycles. The van der Waals surface area contributed by atoms with Crippen molar-refractivity contribution >= 4 is 29.0 Å². The van der Waals surface area contributed by atoms with Gasteiger partial charge < -0.3 is 14.8 Å². The van der Waals surface area contributed by atoms with Gasteiger partial charge in [0.15, 0.2) is 11.0 Å². The normalized spacial score (nSPS) is 14.4. The molecule has 9 heteroatoms. The van der Waals surface area contributed by atoms with E-state index in [1.807, 2.05) is 36.6 Å². The first-order chi connectivity index (χ1) is 14.6. The lowest BCUT2D eigenvalue weighted by molar-refractivity contribution is -0.119. The third-order valence-corrected chi connectivity index (χ3v) is 6.74. The van der Waals surface area contributed by atoms with Crippen LogP contribution >= 0.6 is 23.1 Å². The molecule has 2 heterocycles. The predicted octanol–water partition coefficient (Wildman–Crippen LogP) is 4.33. The summed E-state index contributed by atoms with van der Waals surface area (Å²) in [6, 6.07) is 9.85. The average molecular weight is 445 g/mol. The fourth-order valence-electron chi connectivity index (χ4n) is 3.28. The maximum absolute atomic E-state index is 12.6. The number of amides is 1. The van der Waals surface area contributed by atoms with Gasteiger partial charge in [-0.3, -0.25) is 9.36 Å². The molecule has 3 aromatic rings. The van der Waals surface area contributed by atoms with Crippen molar-refractivity contribution in [3.05, 3.63) is 41.3 Å². The van der Waals surface area contributed by atoms with E-state index in [4.69, 9.17) is 9.47 Å². The minimum Gasteiger partial charge on any atom is -0.497 e. The van der Waals surface area contributed by atoms with Crippen LogP contribution in [0.2, 0.25) is 0 Å². The van der Waals surface area contributed by atoms with Crippen LogP contribution in [0.1, 0.15) is 37.4 Å².